The summed E-state index contributed by atoms with van der Waals surface area (Å²) in [5, 5.41) is 2.91. The Bertz CT molecular complexity index is 565. The molecule has 1 aromatic heterocycles. The molecule has 0 aliphatic heterocycles. The van der Waals surface area contributed by atoms with Crippen LogP contribution in [0.3, 0.4) is 0 Å². The van der Waals surface area contributed by atoms with E-state index in [9.17, 15) is 4.39 Å². The Morgan fingerprint density at radius 3 is 2.32 bits per heavy atom. The summed E-state index contributed by atoms with van der Waals surface area (Å²) in [7, 11) is 0. The maximum atomic E-state index is 13.4. The van der Waals surface area contributed by atoms with Gasteiger partial charge in [0.05, 0.1) is 0 Å². The average molecular weight is 263 g/mol. The number of anilines is 4. The minimum absolute atomic E-state index is 0.247. The molecule has 0 radical (unpaired) electrons. The van der Waals surface area contributed by atoms with Crippen molar-refractivity contribution in [3.8, 4) is 0 Å². The Morgan fingerprint density at radius 2 is 1.74 bits per heavy atom. The van der Waals surface area contributed by atoms with Crippen molar-refractivity contribution in [2.75, 3.05) is 16.2 Å². The number of hydrogen-bond donors (Lipinski definition) is 5. The van der Waals surface area contributed by atoms with Crippen LogP contribution in [-0.2, 0) is 0 Å². The molecule has 0 spiro atoms. The fraction of sp³-hybridized carbons (Fsp3) is 0.0909. The van der Waals surface area contributed by atoms with Crippen LogP contribution >= 0.6 is 0 Å². The van der Waals surface area contributed by atoms with Crippen LogP contribution in [-0.4, -0.2) is 9.97 Å². The zero-order chi connectivity index (χ0) is 13.8. The fourth-order valence-corrected chi connectivity index (χ4v) is 1.51. The molecule has 2 aromatic rings. The zero-order valence-electron chi connectivity index (χ0n) is 10.2. The van der Waals surface area contributed by atoms with Gasteiger partial charge in [0, 0.05) is 17.3 Å². The van der Waals surface area contributed by atoms with Crippen LogP contribution in [0.5, 0.6) is 0 Å². The number of rotatable bonds is 4. The number of halogens is 1. The van der Waals surface area contributed by atoms with Crippen LogP contribution in [0, 0.1) is 12.7 Å². The second-order valence-electron chi connectivity index (χ2n) is 3.79. The monoisotopic (exact) mass is 263 g/mol. The van der Waals surface area contributed by atoms with Gasteiger partial charge in [0.2, 0.25) is 5.95 Å². The van der Waals surface area contributed by atoms with Crippen molar-refractivity contribution in [1.29, 1.82) is 0 Å². The van der Waals surface area contributed by atoms with Crippen molar-refractivity contribution in [2.24, 2.45) is 11.7 Å². The largest absolute Gasteiger partial charge is 0.324 e. The summed E-state index contributed by atoms with van der Waals surface area (Å²) in [4.78, 5) is 8.18. The van der Waals surface area contributed by atoms with E-state index in [1.807, 2.05) is 0 Å². The van der Waals surface area contributed by atoms with E-state index in [0.717, 1.165) is 0 Å². The Labute approximate surface area is 109 Å². The number of nitrogens with zero attached hydrogens (tertiary/aromatic N) is 2. The van der Waals surface area contributed by atoms with Gasteiger partial charge in [-0.2, -0.15) is 9.97 Å². The van der Waals surface area contributed by atoms with Crippen LogP contribution in [0.25, 0.3) is 0 Å². The molecule has 0 unspecified atom stereocenters. The molecule has 0 atom stereocenters. The van der Waals surface area contributed by atoms with Gasteiger partial charge in [-0.25, -0.2) is 16.1 Å². The maximum Gasteiger partial charge on any atom is 0.231 e. The topological polar surface area (TPSA) is 114 Å². The molecule has 19 heavy (non-hydrogen) atoms. The standard InChI is InChI=1S/C11H14FN7/c1-6-7(12)3-2-4-8(6)15-11-16-9(18-13)5-10(17-11)19-14/h2-5H,13-14H2,1H3,(H3,15,16,17,18,19). The molecule has 100 valence electrons. The molecule has 1 heterocycles. The summed E-state index contributed by atoms with van der Waals surface area (Å²) in [5.41, 5.74) is 5.82. The summed E-state index contributed by atoms with van der Waals surface area (Å²) < 4.78 is 13.4. The lowest BCUT2D eigenvalue weighted by atomic mass is 10.2. The average Bonchev–Trinajstić information content (AvgIpc) is 2.43. The van der Waals surface area contributed by atoms with Crippen LogP contribution in [0.2, 0.25) is 0 Å². The first kappa shape index (κ1) is 13.0. The number of hydrazine groups is 2. The summed E-state index contributed by atoms with van der Waals surface area (Å²) in [6, 6.07) is 6.23. The molecule has 8 heteroatoms. The van der Waals surface area contributed by atoms with Gasteiger partial charge in [0.15, 0.2) is 0 Å². The minimum Gasteiger partial charge on any atom is -0.324 e. The van der Waals surface area contributed by atoms with Crippen molar-refractivity contribution in [1.82, 2.24) is 9.97 Å². The number of hydrogen-bond acceptors (Lipinski definition) is 7. The van der Waals surface area contributed by atoms with Gasteiger partial charge < -0.3 is 16.2 Å². The highest BCUT2D eigenvalue weighted by Gasteiger charge is 2.07. The highest BCUT2D eigenvalue weighted by Crippen LogP contribution is 2.22. The van der Waals surface area contributed by atoms with Crippen molar-refractivity contribution in [3.05, 3.63) is 35.6 Å². The van der Waals surface area contributed by atoms with Gasteiger partial charge in [0.1, 0.15) is 17.5 Å². The molecule has 0 aliphatic rings. The second kappa shape index (κ2) is 5.46. The number of aromatic nitrogens is 2. The smallest absolute Gasteiger partial charge is 0.231 e. The van der Waals surface area contributed by atoms with Gasteiger partial charge >= 0.3 is 0 Å². The third-order valence-corrected chi connectivity index (χ3v) is 2.54. The minimum atomic E-state index is -0.310. The lowest BCUT2D eigenvalue weighted by molar-refractivity contribution is 0.619. The highest BCUT2D eigenvalue weighted by atomic mass is 19.1. The lowest BCUT2D eigenvalue weighted by Crippen LogP contribution is -2.14. The van der Waals surface area contributed by atoms with Gasteiger partial charge in [-0.05, 0) is 19.1 Å². The molecule has 2 rings (SSSR count). The number of nitrogens with one attached hydrogen (secondary N) is 3. The predicted molar refractivity (Wildman–Crippen MR) is 72.1 cm³/mol. The number of nitrogen functional groups attached to an aromatic ring is 2. The Hall–Kier alpha value is -2.45. The first-order chi connectivity index (χ1) is 9.13. The quantitative estimate of drug-likeness (QED) is 0.416. The van der Waals surface area contributed by atoms with Crippen LogP contribution in [0.1, 0.15) is 5.56 Å². The van der Waals surface area contributed by atoms with E-state index in [2.05, 4.69) is 26.1 Å². The van der Waals surface area contributed by atoms with Crippen LogP contribution < -0.4 is 27.9 Å². The lowest BCUT2D eigenvalue weighted by Gasteiger charge is -2.11. The molecule has 1 aromatic carbocycles. The number of benzene rings is 1. The third kappa shape index (κ3) is 2.87. The second-order valence-corrected chi connectivity index (χ2v) is 3.79. The van der Waals surface area contributed by atoms with Crippen LogP contribution in [0.15, 0.2) is 24.3 Å². The molecule has 7 N–H and O–H groups in total. The van der Waals surface area contributed by atoms with E-state index in [-0.39, 0.29) is 11.8 Å². The predicted octanol–water partition coefficient (Wildman–Crippen LogP) is 1.24. The van der Waals surface area contributed by atoms with Gasteiger partial charge in [-0.1, -0.05) is 6.07 Å². The Balaban J connectivity index is 2.34. The van der Waals surface area contributed by atoms with Crippen molar-refractivity contribution >= 4 is 23.3 Å². The normalized spacial score (nSPS) is 10.1. The molecule has 0 bridgehead atoms. The van der Waals surface area contributed by atoms with E-state index in [1.54, 1.807) is 19.1 Å². The van der Waals surface area contributed by atoms with Gasteiger partial charge in [0.25, 0.3) is 0 Å². The van der Waals surface area contributed by atoms with Crippen molar-refractivity contribution in [3.63, 3.8) is 0 Å². The molecule has 7 nitrogen and oxygen atoms in total. The molecule has 0 fully saturated rings. The van der Waals surface area contributed by atoms with E-state index < -0.39 is 0 Å². The Morgan fingerprint density at radius 1 is 1.11 bits per heavy atom. The highest BCUT2D eigenvalue weighted by molar-refractivity contribution is 5.61. The summed E-state index contributed by atoms with van der Waals surface area (Å²) in [5.74, 6) is 11.3. The maximum absolute atomic E-state index is 13.4. The fourth-order valence-electron chi connectivity index (χ4n) is 1.51. The summed E-state index contributed by atoms with van der Waals surface area (Å²) in [6.45, 7) is 1.66. The van der Waals surface area contributed by atoms with E-state index in [1.165, 1.54) is 12.1 Å². The molecule has 0 aliphatic carbocycles. The SMILES string of the molecule is Cc1c(F)cccc1Nc1nc(NN)cc(NN)n1. The molecular weight excluding hydrogens is 249 g/mol. The summed E-state index contributed by atoms with van der Waals surface area (Å²) >= 11 is 0. The molecule has 0 amide bonds. The van der Waals surface area contributed by atoms with Gasteiger partial charge in [-0.3, -0.25) is 0 Å². The Kier molecular flexibility index (Phi) is 3.74. The summed E-state index contributed by atoms with van der Waals surface area (Å²) in [6.07, 6.45) is 0. The van der Waals surface area contributed by atoms with Gasteiger partial charge in [-0.15, -0.1) is 0 Å². The van der Waals surface area contributed by atoms with E-state index in [0.29, 0.717) is 22.9 Å². The van der Waals surface area contributed by atoms with E-state index in [4.69, 9.17) is 11.7 Å². The zero-order valence-corrected chi connectivity index (χ0v) is 10.2. The first-order valence-electron chi connectivity index (χ1n) is 5.48. The van der Waals surface area contributed by atoms with Crippen molar-refractivity contribution in [2.45, 2.75) is 6.92 Å². The van der Waals surface area contributed by atoms with Crippen molar-refractivity contribution < 1.29 is 4.39 Å². The molecule has 0 saturated carbocycles. The van der Waals surface area contributed by atoms with E-state index >= 15 is 0 Å². The van der Waals surface area contributed by atoms with Crippen LogP contribution in [0.4, 0.5) is 27.7 Å². The third-order valence-electron chi connectivity index (χ3n) is 2.54. The first-order valence-corrected chi connectivity index (χ1v) is 5.48. The molecule has 0 saturated heterocycles. The molecular formula is C11H14FN7. The number of nitrogens with two attached hydrogens (primary N) is 2.